The van der Waals surface area contributed by atoms with Crippen LogP contribution in [0, 0.1) is 5.41 Å². The van der Waals surface area contributed by atoms with Crippen LogP contribution in [-0.2, 0) is 0 Å². The standard InChI is InChI=1S/C14H30N2.Al.H2O.H2/c1-12(2,3)11(16-14(7,8)9)10-15-13(4,5)6;;;/h11H,10H2,1-9H3;;1H2;1H/q-2;+3;;/p-1/t11-;;;/m0.../s1. The summed E-state index contributed by atoms with van der Waals surface area (Å²) in [6.07, 6.45) is 0. The Labute approximate surface area is 126 Å². The molecule has 1 atom stereocenters. The fraction of sp³-hybridized carbons (Fsp3) is 1.00. The van der Waals surface area contributed by atoms with Gasteiger partial charge in [-0.2, -0.15) is 12.6 Å². The molecule has 0 aliphatic carbocycles. The zero-order valence-electron chi connectivity index (χ0n) is 13.7. The average molecular weight is 272 g/mol. The molecule has 0 radical (unpaired) electrons. The summed E-state index contributed by atoms with van der Waals surface area (Å²) in [4.78, 5) is 0. The minimum atomic E-state index is 0. The summed E-state index contributed by atoms with van der Waals surface area (Å²) in [6.45, 7) is 20.4. The van der Waals surface area contributed by atoms with E-state index in [9.17, 15) is 0 Å². The van der Waals surface area contributed by atoms with E-state index in [0.29, 0.717) is 6.04 Å². The Morgan fingerprint density at radius 2 is 1.22 bits per heavy atom. The van der Waals surface area contributed by atoms with E-state index in [2.05, 4.69) is 62.3 Å². The Morgan fingerprint density at radius 1 is 0.833 bits per heavy atom. The van der Waals surface area contributed by atoms with Crippen molar-refractivity contribution in [3.63, 3.8) is 0 Å². The van der Waals surface area contributed by atoms with Crippen molar-refractivity contribution in [2.75, 3.05) is 6.54 Å². The third-order valence-corrected chi connectivity index (χ3v) is 2.28. The summed E-state index contributed by atoms with van der Waals surface area (Å²) in [5.74, 6) is 0. The van der Waals surface area contributed by atoms with Gasteiger partial charge in [-0.15, -0.1) is 11.1 Å². The monoisotopic (exact) mass is 272 g/mol. The van der Waals surface area contributed by atoms with Crippen molar-refractivity contribution in [2.45, 2.75) is 79.4 Å². The molecule has 0 fully saturated rings. The molecule has 0 rings (SSSR count). The van der Waals surface area contributed by atoms with E-state index in [-0.39, 0.29) is 40.8 Å². The Bertz CT molecular complexity index is 217. The molecular weight excluding hydrogens is 239 g/mol. The fourth-order valence-electron chi connectivity index (χ4n) is 1.34. The quantitative estimate of drug-likeness (QED) is 0.701. The third kappa shape index (κ3) is 12.9. The van der Waals surface area contributed by atoms with Crippen molar-refractivity contribution in [1.82, 2.24) is 0 Å². The van der Waals surface area contributed by atoms with Crippen LogP contribution in [0.15, 0.2) is 0 Å². The Morgan fingerprint density at radius 3 is 1.44 bits per heavy atom. The maximum Gasteiger partial charge on any atom is 3.00 e. The van der Waals surface area contributed by atoms with Gasteiger partial charge in [0.25, 0.3) is 0 Å². The van der Waals surface area contributed by atoms with Crippen LogP contribution in [0.1, 0.15) is 63.7 Å². The molecule has 0 saturated carbocycles. The van der Waals surface area contributed by atoms with Gasteiger partial charge in [0.1, 0.15) is 0 Å². The molecule has 0 bridgehead atoms. The molecule has 0 heterocycles. The molecule has 4 heteroatoms. The summed E-state index contributed by atoms with van der Waals surface area (Å²) in [7, 11) is 0. The second kappa shape index (κ2) is 7.87. The molecule has 0 unspecified atom stereocenters. The molecule has 18 heavy (non-hydrogen) atoms. The SMILES string of the molecule is CC(C)(C)[N-]C[C@H]([N-]C(C)(C)C)C(C)(C)C.[Al+3].[HH].[OH-]. The van der Waals surface area contributed by atoms with Gasteiger partial charge >= 0.3 is 17.4 Å². The van der Waals surface area contributed by atoms with E-state index >= 15 is 0 Å². The van der Waals surface area contributed by atoms with E-state index in [0.717, 1.165) is 6.54 Å². The first-order valence-corrected chi connectivity index (χ1v) is 6.22. The van der Waals surface area contributed by atoms with Gasteiger partial charge in [-0.25, -0.2) is 0 Å². The van der Waals surface area contributed by atoms with Crippen LogP contribution in [0.3, 0.4) is 0 Å². The maximum absolute atomic E-state index is 4.89. The Balaban J connectivity index is -0.000000375. The smallest absolute Gasteiger partial charge is 0.870 e. The first-order chi connectivity index (χ1) is 6.81. The molecule has 1 N–H and O–H groups in total. The molecule has 0 saturated heterocycles. The van der Waals surface area contributed by atoms with Crippen molar-refractivity contribution in [1.29, 1.82) is 0 Å². The van der Waals surface area contributed by atoms with E-state index in [1.807, 2.05) is 0 Å². The minimum absolute atomic E-state index is 0. The molecule has 108 valence electrons. The normalized spacial score (nSPS) is 14.5. The van der Waals surface area contributed by atoms with E-state index in [4.69, 9.17) is 10.6 Å². The van der Waals surface area contributed by atoms with E-state index < -0.39 is 0 Å². The van der Waals surface area contributed by atoms with Crippen molar-refractivity contribution in [3.05, 3.63) is 10.6 Å². The predicted molar refractivity (Wildman–Crippen MR) is 84.1 cm³/mol. The summed E-state index contributed by atoms with van der Waals surface area (Å²) in [5.41, 5.74) is 0.240. The molecule has 3 nitrogen and oxygen atoms in total. The number of nitrogens with zero attached hydrogens (tertiary/aromatic N) is 2. The van der Waals surface area contributed by atoms with Crippen molar-refractivity contribution in [2.24, 2.45) is 5.41 Å². The van der Waals surface area contributed by atoms with Crippen molar-refractivity contribution in [3.8, 4) is 0 Å². The summed E-state index contributed by atoms with van der Waals surface area (Å²) in [5, 5.41) is 9.60. The molecule has 0 aliphatic rings. The van der Waals surface area contributed by atoms with Gasteiger partial charge in [-0.1, -0.05) is 67.7 Å². The molecule has 0 aliphatic heterocycles. The molecule has 0 aromatic heterocycles. The first kappa shape index (κ1) is 23.5. The van der Waals surface area contributed by atoms with Crippen LogP contribution in [0.25, 0.3) is 10.6 Å². The number of rotatable bonds is 3. The zero-order valence-corrected chi connectivity index (χ0v) is 14.9. The van der Waals surface area contributed by atoms with Gasteiger partial charge in [0.2, 0.25) is 0 Å². The fourth-order valence-corrected chi connectivity index (χ4v) is 1.34. The molecule has 0 spiro atoms. The number of hydrogen-bond donors (Lipinski definition) is 0. The van der Waals surface area contributed by atoms with E-state index in [1.165, 1.54) is 0 Å². The van der Waals surface area contributed by atoms with Crippen molar-refractivity contribution >= 4 is 17.4 Å². The van der Waals surface area contributed by atoms with Crippen LogP contribution in [0.2, 0.25) is 0 Å². The Hall–Kier alpha value is 0.412. The summed E-state index contributed by atoms with van der Waals surface area (Å²) in [6, 6.07) is 0.298. The average Bonchev–Trinajstić information content (AvgIpc) is 1.91. The predicted octanol–water partition coefficient (Wildman–Crippen LogP) is 4.43. The van der Waals surface area contributed by atoms with Gasteiger partial charge in [0, 0.05) is 1.43 Å². The zero-order chi connectivity index (χ0) is 13.2. The maximum atomic E-state index is 4.89. The van der Waals surface area contributed by atoms with Gasteiger partial charge in [-0.05, 0) is 0 Å². The first-order valence-electron chi connectivity index (χ1n) is 6.22. The van der Waals surface area contributed by atoms with Gasteiger partial charge in [0.15, 0.2) is 0 Å². The van der Waals surface area contributed by atoms with Crippen LogP contribution in [-0.4, -0.2) is 46.5 Å². The largest absolute Gasteiger partial charge is 3.00 e. The van der Waals surface area contributed by atoms with Crippen LogP contribution >= 0.6 is 0 Å². The molecular formula is C14H33AlN2O. The molecule has 0 amide bonds. The second-order valence-corrected chi connectivity index (χ2v) is 7.69. The van der Waals surface area contributed by atoms with Crippen LogP contribution in [0.4, 0.5) is 0 Å². The van der Waals surface area contributed by atoms with E-state index in [1.54, 1.807) is 0 Å². The number of hydrogen-bond acceptors (Lipinski definition) is 1. The topological polar surface area (TPSA) is 58.2 Å². The molecule has 0 aromatic rings. The van der Waals surface area contributed by atoms with Crippen LogP contribution in [0.5, 0.6) is 0 Å². The van der Waals surface area contributed by atoms with Crippen LogP contribution < -0.4 is 0 Å². The van der Waals surface area contributed by atoms with Gasteiger partial charge in [-0.3, -0.25) is 0 Å². The van der Waals surface area contributed by atoms with Crippen molar-refractivity contribution < 1.29 is 6.90 Å². The summed E-state index contributed by atoms with van der Waals surface area (Å²) < 4.78 is 0. The minimum Gasteiger partial charge on any atom is -0.870 e. The molecule has 0 aromatic carbocycles. The van der Waals surface area contributed by atoms with Gasteiger partial charge < -0.3 is 16.1 Å². The third-order valence-electron chi connectivity index (χ3n) is 2.28. The van der Waals surface area contributed by atoms with Gasteiger partial charge in [0.05, 0.1) is 0 Å². The second-order valence-electron chi connectivity index (χ2n) is 7.69. The summed E-state index contributed by atoms with van der Waals surface area (Å²) >= 11 is 0. The Kier molecular flexibility index (Phi) is 10.3.